The molecule has 4 heteroatoms. The monoisotopic (exact) mass is 279 g/mol. The number of ether oxygens (including phenoxy) is 2. The van der Waals surface area contributed by atoms with Gasteiger partial charge in [0.25, 0.3) is 0 Å². The average Bonchev–Trinajstić information content (AvgIpc) is 2.39. The molecule has 0 heterocycles. The first kappa shape index (κ1) is 16.5. The minimum atomic E-state index is -0.320. The number of aryl methyl sites for hydroxylation is 1. The summed E-state index contributed by atoms with van der Waals surface area (Å²) >= 11 is 0. The molecule has 0 saturated carbocycles. The summed E-state index contributed by atoms with van der Waals surface area (Å²) in [7, 11) is 0. The lowest BCUT2D eigenvalue weighted by Gasteiger charge is -2.20. The van der Waals surface area contributed by atoms with Crippen LogP contribution in [0.25, 0.3) is 0 Å². The van der Waals surface area contributed by atoms with Crippen LogP contribution in [0, 0.1) is 6.92 Å². The molecule has 1 aromatic carbocycles. The van der Waals surface area contributed by atoms with Gasteiger partial charge >= 0.3 is 5.97 Å². The second-order valence-electron chi connectivity index (χ2n) is 5.03. The molecule has 1 atom stereocenters. The first-order valence-corrected chi connectivity index (χ1v) is 7.15. The van der Waals surface area contributed by atoms with Gasteiger partial charge in [-0.05, 0) is 25.5 Å². The Morgan fingerprint density at radius 1 is 1.30 bits per heavy atom. The van der Waals surface area contributed by atoms with Crippen LogP contribution in [0.15, 0.2) is 24.3 Å². The molecule has 0 radical (unpaired) electrons. The van der Waals surface area contributed by atoms with Gasteiger partial charge in [0, 0.05) is 12.5 Å². The molecule has 1 aromatic rings. The Bertz CT molecular complexity index is 418. The van der Waals surface area contributed by atoms with Gasteiger partial charge in [-0.2, -0.15) is 0 Å². The van der Waals surface area contributed by atoms with Crippen LogP contribution in [0.1, 0.15) is 32.8 Å². The van der Waals surface area contributed by atoms with E-state index in [0.717, 1.165) is 11.3 Å². The normalized spacial score (nSPS) is 12.2. The molecular formula is C16H25NO3. The van der Waals surface area contributed by atoms with Crippen molar-refractivity contribution in [2.75, 3.05) is 13.2 Å². The van der Waals surface area contributed by atoms with Gasteiger partial charge in [0.1, 0.15) is 11.8 Å². The summed E-state index contributed by atoms with van der Waals surface area (Å²) in [4.78, 5) is 11.8. The van der Waals surface area contributed by atoms with Crippen molar-refractivity contribution in [3.05, 3.63) is 29.8 Å². The summed E-state index contributed by atoms with van der Waals surface area (Å²) in [5.74, 6) is 0.647. The minimum absolute atomic E-state index is 0.213. The number of carbonyl (C=O) groups is 1. The van der Waals surface area contributed by atoms with Crippen molar-refractivity contribution in [3.8, 4) is 5.75 Å². The number of hydrogen-bond acceptors (Lipinski definition) is 4. The Hall–Kier alpha value is -1.55. The fourth-order valence-corrected chi connectivity index (χ4v) is 1.92. The lowest BCUT2D eigenvalue weighted by Crippen LogP contribution is -2.42. The van der Waals surface area contributed by atoms with Gasteiger partial charge in [-0.25, -0.2) is 0 Å². The van der Waals surface area contributed by atoms with E-state index in [2.05, 4.69) is 5.32 Å². The number of benzene rings is 1. The molecular weight excluding hydrogens is 254 g/mol. The molecule has 0 aromatic heterocycles. The van der Waals surface area contributed by atoms with Crippen molar-refractivity contribution in [3.63, 3.8) is 0 Å². The SMILES string of the molecule is CCOC(=O)C(CCOc1ccccc1C)NC(C)C. The van der Waals surface area contributed by atoms with Crippen LogP contribution in [0.3, 0.4) is 0 Å². The quantitative estimate of drug-likeness (QED) is 0.743. The zero-order valence-electron chi connectivity index (χ0n) is 12.8. The van der Waals surface area contributed by atoms with Crippen molar-refractivity contribution in [1.82, 2.24) is 5.32 Å². The summed E-state index contributed by atoms with van der Waals surface area (Å²) < 4.78 is 10.8. The Kier molecular flexibility index (Phi) is 7.09. The maximum atomic E-state index is 11.8. The highest BCUT2D eigenvalue weighted by Gasteiger charge is 2.20. The summed E-state index contributed by atoms with van der Waals surface area (Å²) in [5, 5.41) is 3.21. The van der Waals surface area contributed by atoms with Gasteiger partial charge < -0.3 is 14.8 Å². The molecule has 0 spiro atoms. The predicted octanol–water partition coefficient (Wildman–Crippen LogP) is 2.69. The van der Waals surface area contributed by atoms with E-state index in [-0.39, 0.29) is 18.1 Å². The molecule has 0 aliphatic heterocycles. The zero-order chi connectivity index (χ0) is 15.0. The van der Waals surface area contributed by atoms with Gasteiger partial charge in [0.15, 0.2) is 0 Å². The van der Waals surface area contributed by atoms with Crippen LogP contribution >= 0.6 is 0 Å². The van der Waals surface area contributed by atoms with Gasteiger partial charge in [-0.1, -0.05) is 32.0 Å². The first-order chi connectivity index (χ1) is 9.54. The second-order valence-corrected chi connectivity index (χ2v) is 5.03. The summed E-state index contributed by atoms with van der Waals surface area (Å²) in [6.07, 6.45) is 0.589. The number of para-hydroxylation sites is 1. The van der Waals surface area contributed by atoms with Crippen LogP contribution in [0.5, 0.6) is 5.75 Å². The van der Waals surface area contributed by atoms with E-state index in [1.807, 2.05) is 52.0 Å². The highest BCUT2D eigenvalue weighted by Crippen LogP contribution is 2.16. The number of nitrogens with one attached hydrogen (secondary N) is 1. The van der Waals surface area contributed by atoms with Gasteiger partial charge in [0.05, 0.1) is 13.2 Å². The number of esters is 1. The fraction of sp³-hybridized carbons (Fsp3) is 0.562. The van der Waals surface area contributed by atoms with Crippen LogP contribution in [0.2, 0.25) is 0 Å². The standard InChI is InChI=1S/C16H25NO3/c1-5-19-16(18)14(17-12(2)3)10-11-20-15-9-7-6-8-13(15)4/h6-9,12,14,17H,5,10-11H2,1-4H3. The molecule has 0 fully saturated rings. The summed E-state index contributed by atoms with van der Waals surface area (Å²) in [5.41, 5.74) is 1.09. The lowest BCUT2D eigenvalue weighted by molar-refractivity contribution is -0.146. The van der Waals surface area contributed by atoms with Crippen LogP contribution in [-0.4, -0.2) is 31.3 Å². The predicted molar refractivity (Wildman–Crippen MR) is 80.0 cm³/mol. The Morgan fingerprint density at radius 3 is 2.60 bits per heavy atom. The molecule has 112 valence electrons. The van der Waals surface area contributed by atoms with E-state index >= 15 is 0 Å². The average molecular weight is 279 g/mol. The molecule has 1 rings (SSSR count). The van der Waals surface area contributed by atoms with E-state index < -0.39 is 0 Å². The molecule has 0 bridgehead atoms. The Balaban J connectivity index is 2.49. The molecule has 0 amide bonds. The van der Waals surface area contributed by atoms with Crippen molar-refractivity contribution < 1.29 is 14.3 Å². The smallest absolute Gasteiger partial charge is 0.323 e. The number of hydrogen-bond donors (Lipinski definition) is 1. The number of carbonyl (C=O) groups excluding carboxylic acids is 1. The zero-order valence-corrected chi connectivity index (χ0v) is 12.8. The summed E-state index contributed by atoms with van der Waals surface area (Å²) in [6, 6.07) is 7.76. The molecule has 0 aliphatic rings. The van der Waals surface area contributed by atoms with Crippen molar-refractivity contribution in [1.29, 1.82) is 0 Å². The fourth-order valence-electron chi connectivity index (χ4n) is 1.92. The topological polar surface area (TPSA) is 47.6 Å². The largest absolute Gasteiger partial charge is 0.493 e. The van der Waals surface area contributed by atoms with E-state index in [9.17, 15) is 4.79 Å². The third-order valence-corrected chi connectivity index (χ3v) is 2.86. The van der Waals surface area contributed by atoms with E-state index in [0.29, 0.717) is 19.6 Å². The first-order valence-electron chi connectivity index (χ1n) is 7.15. The van der Waals surface area contributed by atoms with Crippen molar-refractivity contribution in [2.24, 2.45) is 0 Å². The summed E-state index contributed by atoms with van der Waals surface area (Å²) in [6.45, 7) is 8.71. The minimum Gasteiger partial charge on any atom is -0.493 e. The molecule has 1 N–H and O–H groups in total. The second kappa shape index (κ2) is 8.59. The van der Waals surface area contributed by atoms with Gasteiger partial charge in [-0.15, -0.1) is 0 Å². The Labute approximate surface area is 121 Å². The highest BCUT2D eigenvalue weighted by molar-refractivity contribution is 5.75. The Morgan fingerprint density at radius 2 is 2.00 bits per heavy atom. The van der Waals surface area contributed by atoms with E-state index in [4.69, 9.17) is 9.47 Å². The van der Waals surface area contributed by atoms with Crippen LogP contribution in [-0.2, 0) is 9.53 Å². The van der Waals surface area contributed by atoms with Crippen LogP contribution < -0.4 is 10.1 Å². The van der Waals surface area contributed by atoms with E-state index in [1.165, 1.54) is 0 Å². The van der Waals surface area contributed by atoms with Gasteiger partial charge in [0.2, 0.25) is 0 Å². The molecule has 1 unspecified atom stereocenters. The lowest BCUT2D eigenvalue weighted by atomic mass is 10.2. The maximum absolute atomic E-state index is 11.8. The molecule has 4 nitrogen and oxygen atoms in total. The van der Waals surface area contributed by atoms with E-state index in [1.54, 1.807) is 0 Å². The number of rotatable bonds is 8. The van der Waals surface area contributed by atoms with Crippen molar-refractivity contribution >= 4 is 5.97 Å². The highest BCUT2D eigenvalue weighted by atomic mass is 16.5. The van der Waals surface area contributed by atoms with Crippen molar-refractivity contribution in [2.45, 2.75) is 46.2 Å². The van der Waals surface area contributed by atoms with Crippen LogP contribution in [0.4, 0.5) is 0 Å². The third kappa shape index (κ3) is 5.61. The molecule has 0 saturated heterocycles. The van der Waals surface area contributed by atoms with Gasteiger partial charge in [-0.3, -0.25) is 4.79 Å². The maximum Gasteiger partial charge on any atom is 0.323 e. The molecule has 0 aliphatic carbocycles. The molecule has 20 heavy (non-hydrogen) atoms. The third-order valence-electron chi connectivity index (χ3n) is 2.86.